The van der Waals surface area contributed by atoms with Crippen molar-refractivity contribution < 1.29 is 18.3 Å². The summed E-state index contributed by atoms with van der Waals surface area (Å²) in [6, 6.07) is 10.9. The van der Waals surface area contributed by atoms with Gasteiger partial charge in [0.05, 0.1) is 7.11 Å². The summed E-state index contributed by atoms with van der Waals surface area (Å²) in [4.78, 5) is 14.2. The number of rotatable bonds is 4. The zero-order chi connectivity index (χ0) is 19.2. The number of carbonyl (C=O) groups is 1. The van der Waals surface area contributed by atoms with Gasteiger partial charge < -0.3 is 15.0 Å². The van der Waals surface area contributed by atoms with E-state index in [2.05, 4.69) is 5.32 Å². The van der Waals surface area contributed by atoms with Gasteiger partial charge in [0.1, 0.15) is 17.4 Å². The molecule has 4 nitrogen and oxygen atoms in total. The van der Waals surface area contributed by atoms with E-state index in [1.54, 1.807) is 23.8 Å². The molecule has 0 unspecified atom stereocenters. The quantitative estimate of drug-likeness (QED) is 0.840. The molecule has 144 valence electrons. The highest BCUT2D eigenvalue weighted by atomic mass is 32.2. The van der Waals surface area contributed by atoms with Crippen LogP contribution in [0.25, 0.3) is 0 Å². The summed E-state index contributed by atoms with van der Waals surface area (Å²) < 4.78 is 32.6. The molecule has 0 aliphatic carbocycles. The molecule has 1 atom stereocenters. The first-order chi connectivity index (χ1) is 13.1. The fourth-order valence-corrected chi connectivity index (χ4v) is 4.26. The Morgan fingerprint density at radius 1 is 1.22 bits per heavy atom. The molecular formula is C20H22F2N2O2S. The maximum Gasteiger partial charge on any atom is 0.317 e. The molecule has 27 heavy (non-hydrogen) atoms. The Morgan fingerprint density at radius 2 is 2.00 bits per heavy atom. The highest BCUT2D eigenvalue weighted by molar-refractivity contribution is 7.99. The SMILES string of the molecule is COc1ccc(CNC(=O)N2CCS[C@@H](c3cc(F)ccc3F)CC2)cc1. The number of methoxy groups -OCH3 is 1. The summed E-state index contributed by atoms with van der Waals surface area (Å²) in [6.07, 6.45) is 0.584. The van der Waals surface area contributed by atoms with Crippen molar-refractivity contribution in [2.75, 3.05) is 26.0 Å². The van der Waals surface area contributed by atoms with Gasteiger partial charge in [-0.15, -0.1) is 0 Å². The molecule has 1 heterocycles. The zero-order valence-electron chi connectivity index (χ0n) is 15.1. The van der Waals surface area contributed by atoms with Crippen LogP contribution < -0.4 is 10.1 Å². The summed E-state index contributed by atoms with van der Waals surface area (Å²) in [5.41, 5.74) is 1.36. The van der Waals surface area contributed by atoms with Crippen molar-refractivity contribution >= 4 is 17.8 Å². The number of amides is 2. The molecule has 1 aliphatic heterocycles. The Bertz CT molecular complexity index is 786. The molecule has 2 aromatic rings. The van der Waals surface area contributed by atoms with Gasteiger partial charge in [0.25, 0.3) is 0 Å². The Morgan fingerprint density at radius 3 is 2.74 bits per heavy atom. The molecule has 1 fully saturated rings. The lowest BCUT2D eigenvalue weighted by Gasteiger charge is -2.21. The second-order valence-corrected chi connectivity index (χ2v) is 7.62. The predicted octanol–water partition coefficient (Wildman–Crippen LogP) is 4.36. The summed E-state index contributed by atoms with van der Waals surface area (Å²) in [5.74, 6) is 0.609. The molecule has 0 saturated carbocycles. The first-order valence-electron chi connectivity index (χ1n) is 8.79. The van der Waals surface area contributed by atoms with Crippen molar-refractivity contribution in [3.63, 3.8) is 0 Å². The van der Waals surface area contributed by atoms with E-state index >= 15 is 0 Å². The van der Waals surface area contributed by atoms with Crippen molar-refractivity contribution in [1.29, 1.82) is 0 Å². The molecule has 2 aromatic carbocycles. The number of hydrogen-bond acceptors (Lipinski definition) is 3. The Hall–Kier alpha value is -2.28. The lowest BCUT2D eigenvalue weighted by Crippen LogP contribution is -2.40. The fraction of sp³-hybridized carbons (Fsp3) is 0.350. The normalized spacial score (nSPS) is 17.3. The minimum atomic E-state index is -0.440. The molecular weight excluding hydrogens is 370 g/mol. The van der Waals surface area contributed by atoms with Gasteiger partial charge in [-0.25, -0.2) is 13.6 Å². The molecule has 0 spiro atoms. The second-order valence-electron chi connectivity index (χ2n) is 6.31. The number of ether oxygens (including phenoxy) is 1. The number of carbonyl (C=O) groups excluding carboxylic acids is 1. The van der Waals surface area contributed by atoms with Gasteiger partial charge in [-0.1, -0.05) is 12.1 Å². The number of nitrogens with one attached hydrogen (secondary N) is 1. The number of urea groups is 1. The van der Waals surface area contributed by atoms with Crippen LogP contribution in [0.4, 0.5) is 13.6 Å². The van der Waals surface area contributed by atoms with E-state index in [0.717, 1.165) is 23.4 Å². The van der Waals surface area contributed by atoms with Crippen LogP contribution in [0.15, 0.2) is 42.5 Å². The molecule has 2 amide bonds. The van der Waals surface area contributed by atoms with Crippen molar-refractivity contribution in [1.82, 2.24) is 10.2 Å². The molecule has 1 saturated heterocycles. The third-order valence-corrected chi connectivity index (χ3v) is 5.85. The molecule has 3 rings (SSSR count). The van der Waals surface area contributed by atoms with Crippen LogP contribution in [0.2, 0.25) is 0 Å². The Kier molecular flexibility index (Phi) is 6.55. The number of thioether (sulfide) groups is 1. The first-order valence-corrected chi connectivity index (χ1v) is 9.84. The molecule has 1 N–H and O–H groups in total. The monoisotopic (exact) mass is 392 g/mol. The number of benzene rings is 2. The third-order valence-electron chi connectivity index (χ3n) is 4.54. The maximum atomic E-state index is 14.0. The maximum absolute atomic E-state index is 14.0. The average molecular weight is 392 g/mol. The smallest absolute Gasteiger partial charge is 0.317 e. The average Bonchev–Trinajstić information content (AvgIpc) is 2.94. The van der Waals surface area contributed by atoms with Crippen LogP contribution in [-0.2, 0) is 6.54 Å². The van der Waals surface area contributed by atoms with Crippen LogP contribution in [0.5, 0.6) is 5.75 Å². The largest absolute Gasteiger partial charge is 0.497 e. The highest BCUT2D eigenvalue weighted by Crippen LogP contribution is 2.36. The van der Waals surface area contributed by atoms with Crippen molar-refractivity contribution in [3.8, 4) is 5.75 Å². The minimum absolute atomic E-state index is 0.146. The lowest BCUT2D eigenvalue weighted by atomic mass is 10.1. The zero-order valence-corrected chi connectivity index (χ0v) is 15.9. The Labute approximate surface area is 161 Å². The van der Waals surface area contributed by atoms with Gasteiger partial charge >= 0.3 is 6.03 Å². The minimum Gasteiger partial charge on any atom is -0.497 e. The van der Waals surface area contributed by atoms with E-state index in [1.807, 2.05) is 24.3 Å². The van der Waals surface area contributed by atoms with Crippen molar-refractivity contribution in [2.24, 2.45) is 0 Å². The lowest BCUT2D eigenvalue weighted by molar-refractivity contribution is 0.200. The van der Waals surface area contributed by atoms with Gasteiger partial charge in [0.2, 0.25) is 0 Å². The van der Waals surface area contributed by atoms with E-state index in [4.69, 9.17) is 4.74 Å². The molecule has 0 bridgehead atoms. The van der Waals surface area contributed by atoms with Crippen LogP contribution in [0, 0.1) is 11.6 Å². The molecule has 7 heteroatoms. The summed E-state index contributed by atoms with van der Waals surface area (Å²) in [7, 11) is 1.61. The van der Waals surface area contributed by atoms with Gasteiger partial charge in [-0.3, -0.25) is 0 Å². The van der Waals surface area contributed by atoms with Crippen LogP contribution in [0.1, 0.15) is 22.8 Å². The molecule has 0 radical (unpaired) electrons. The highest BCUT2D eigenvalue weighted by Gasteiger charge is 2.24. The molecule has 0 aromatic heterocycles. The van der Waals surface area contributed by atoms with Crippen LogP contribution >= 0.6 is 11.8 Å². The predicted molar refractivity (Wildman–Crippen MR) is 103 cm³/mol. The van der Waals surface area contributed by atoms with Gasteiger partial charge in [-0.2, -0.15) is 11.8 Å². The van der Waals surface area contributed by atoms with E-state index in [1.165, 1.54) is 6.07 Å². The van der Waals surface area contributed by atoms with Crippen molar-refractivity contribution in [3.05, 3.63) is 65.2 Å². The van der Waals surface area contributed by atoms with Gasteiger partial charge in [0, 0.05) is 36.2 Å². The second kappa shape index (κ2) is 9.08. The number of halogens is 2. The summed E-state index contributed by atoms with van der Waals surface area (Å²) in [5, 5.41) is 2.76. The topological polar surface area (TPSA) is 41.6 Å². The fourth-order valence-electron chi connectivity index (χ4n) is 3.02. The van der Waals surface area contributed by atoms with E-state index in [0.29, 0.717) is 37.4 Å². The van der Waals surface area contributed by atoms with Gasteiger partial charge in [0.15, 0.2) is 0 Å². The summed E-state index contributed by atoms with van der Waals surface area (Å²) >= 11 is 1.56. The molecule has 1 aliphatic rings. The Balaban J connectivity index is 1.55. The number of nitrogens with zero attached hydrogens (tertiary/aromatic N) is 1. The van der Waals surface area contributed by atoms with E-state index in [-0.39, 0.29) is 11.3 Å². The van der Waals surface area contributed by atoms with E-state index in [9.17, 15) is 13.6 Å². The first kappa shape index (κ1) is 19.5. The van der Waals surface area contributed by atoms with Gasteiger partial charge in [-0.05, 0) is 42.3 Å². The van der Waals surface area contributed by atoms with Crippen LogP contribution in [0.3, 0.4) is 0 Å². The van der Waals surface area contributed by atoms with E-state index < -0.39 is 11.6 Å². The summed E-state index contributed by atoms with van der Waals surface area (Å²) in [6.45, 7) is 1.50. The third kappa shape index (κ3) is 5.13. The standard InChI is InChI=1S/C20H22F2N2O2S/c1-26-16-5-2-14(3-6-16)13-23-20(25)24-9-8-19(27-11-10-24)17-12-15(21)4-7-18(17)22/h2-7,12,19H,8-11,13H2,1H3,(H,23,25)/t19-/m1/s1. The van der Waals surface area contributed by atoms with Crippen LogP contribution in [-0.4, -0.2) is 36.9 Å². The van der Waals surface area contributed by atoms with Crippen molar-refractivity contribution in [2.45, 2.75) is 18.2 Å². The number of hydrogen-bond donors (Lipinski definition) is 1.